The van der Waals surface area contributed by atoms with E-state index >= 15 is 0 Å². The van der Waals surface area contributed by atoms with Gasteiger partial charge in [-0.05, 0) is 30.2 Å². The van der Waals surface area contributed by atoms with Crippen molar-refractivity contribution >= 4 is 23.2 Å². The minimum atomic E-state index is -0.701. The average Bonchev–Trinajstić information content (AvgIpc) is 3.13. The number of H-pyrrole nitrogens is 2. The second-order valence-electron chi connectivity index (χ2n) is 5.95. The van der Waals surface area contributed by atoms with E-state index in [1.54, 1.807) is 11.0 Å². The number of thiophene rings is 1. The number of carbonyl (C=O) groups excluding carboxylic acids is 2. The van der Waals surface area contributed by atoms with Crippen LogP contribution in [-0.4, -0.2) is 46.3 Å². The van der Waals surface area contributed by atoms with E-state index in [9.17, 15) is 19.2 Å². The molecule has 0 bridgehead atoms. The predicted octanol–water partition coefficient (Wildman–Crippen LogP) is 0.407. The third kappa shape index (κ3) is 4.24. The topological polar surface area (TPSA) is 115 Å². The molecule has 1 fully saturated rings. The maximum absolute atomic E-state index is 12.5. The van der Waals surface area contributed by atoms with Crippen molar-refractivity contribution in [3.05, 3.63) is 55.0 Å². The Balaban J connectivity index is 1.60. The van der Waals surface area contributed by atoms with Crippen LogP contribution in [0.4, 0.5) is 0 Å². The molecule has 2 aromatic heterocycles. The molecule has 1 aliphatic heterocycles. The van der Waals surface area contributed by atoms with E-state index < -0.39 is 11.2 Å². The summed E-state index contributed by atoms with van der Waals surface area (Å²) in [4.78, 5) is 53.8. The lowest BCUT2D eigenvalue weighted by atomic mass is 9.97. The Bertz CT molecular complexity index is 843. The van der Waals surface area contributed by atoms with Gasteiger partial charge in [-0.15, -0.1) is 11.3 Å². The van der Waals surface area contributed by atoms with Crippen LogP contribution < -0.4 is 16.6 Å². The van der Waals surface area contributed by atoms with Crippen LogP contribution in [0.2, 0.25) is 0 Å². The summed E-state index contributed by atoms with van der Waals surface area (Å²) in [5.74, 6) is -0.356. The molecular formula is C16H18N4O4S. The third-order valence-corrected chi connectivity index (χ3v) is 4.96. The number of amides is 2. The van der Waals surface area contributed by atoms with E-state index in [1.807, 2.05) is 16.4 Å². The Morgan fingerprint density at radius 1 is 1.32 bits per heavy atom. The van der Waals surface area contributed by atoms with Gasteiger partial charge in [0.1, 0.15) is 5.69 Å². The van der Waals surface area contributed by atoms with Crippen LogP contribution in [-0.2, 0) is 0 Å². The number of aromatic amines is 2. The molecule has 9 heteroatoms. The zero-order chi connectivity index (χ0) is 17.8. The minimum Gasteiger partial charge on any atom is -0.351 e. The van der Waals surface area contributed by atoms with Gasteiger partial charge in [-0.25, -0.2) is 4.79 Å². The maximum atomic E-state index is 12.5. The van der Waals surface area contributed by atoms with Gasteiger partial charge in [-0.3, -0.25) is 19.4 Å². The summed E-state index contributed by atoms with van der Waals surface area (Å²) in [7, 11) is 0. The highest BCUT2D eigenvalue weighted by Gasteiger charge is 2.25. The Morgan fingerprint density at radius 3 is 2.88 bits per heavy atom. The first kappa shape index (κ1) is 17.2. The fraction of sp³-hybridized carbons (Fsp3) is 0.375. The zero-order valence-electron chi connectivity index (χ0n) is 13.4. The molecule has 8 nitrogen and oxygen atoms in total. The molecule has 132 valence electrons. The van der Waals surface area contributed by atoms with Crippen LogP contribution in [0.25, 0.3) is 0 Å². The molecule has 3 N–H and O–H groups in total. The average molecular weight is 362 g/mol. The van der Waals surface area contributed by atoms with Crippen LogP contribution in [0, 0.1) is 5.92 Å². The highest BCUT2D eigenvalue weighted by atomic mass is 32.1. The number of piperidine rings is 1. The van der Waals surface area contributed by atoms with Crippen molar-refractivity contribution in [1.82, 2.24) is 20.2 Å². The summed E-state index contributed by atoms with van der Waals surface area (Å²) in [5.41, 5.74) is -1.33. The standard InChI is InChI=1S/C16H18N4O4S/c21-13-7-11(18-16(24)19-13)15(23)20-5-1-3-10(9-20)8-17-14(22)12-4-2-6-25-12/h2,4,6-7,10H,1,3,5,8-9H2,(H,17,22)(H2,18,19,21,24)/t10-/m0/s1. The first-order valence-electron chi connectivity index (χ1n) is 7.97. The van der Waals surface area contributed by atoms with E-state index in [4.69, 9.17) is 0 Å². The molecule has 1 atom stereocenters. The molecule has 0 saturated carbocycles. The molecule has 2 aromatic rings. The Kier molecular flexibility index (Phi) is 5.13. The summed E-state index contributed by atoms with van der Waals surface area (Å²) < 4.78 is 0. The highest BCUT2D eigenvalue weighted by Crippen LogP contribution is 2.17. The molecule has 0 radical (unpaired) electrons. The lowest BCUT2D eigenvalue weighted by molar-refractivity contribution is 0.0664. The van der Waals surface area contributed by atoms with Crippen LogP contribution in [0.5, 0.6) is 0 Å². The largest absolute Gasteiger partial charge is 0.351 e. The van der Waals surface area contributed by atoms with E-state index in [0.29, 0.717) is 24.5 Å². The van der Waals surface area contributed by atoms with Gasteiger partial charge in [0.2, 0.25) is 0 Å². The number of likely N-dealkylation sites (tertiary alicyclic amines) is 1. The summed E-state index contributed by atoms with van der Waals surface area (Å²) in [5, 5.41) is 4.74. The minimum absolute atomic E-state index is 0.0166. The molecule has 0 unspecified atom stereocenters. The van der Waals surface area contributed by atoms with Crippen molar-refractivity contribution < 1.29 is 9.59 Å². The first-order chi connectivity index (χ1) is 12.0. The van der Waals surface area contributed by atoms with E-state index in [0.717, 1.165) is 18.9 Å². The van der Waals surface area contributed by atoms with Crippen LogP contribution in [0.15, 0.2) is 33.2 Å². The van der Waals surface area contributed by atoms with Gasteiger partial charge in [0.15, 0.2) is 0 Å². The first-order valence-corrected chi connectivity index (χ1v) is 8.85. The number of carbonyl (C=O) groups is 2. The molecule has 1 aliphatic rings. The van der Waals surface area contributed by atoms with Crippen molar-refractivity contribution in [2.24, 2.45) is 5.92 Å². The number of hydrogen-bond acceptors (Lipinski definition) is 5. The summed E-state index contributed by atoms with van der Waals surface area (Å²) >= 11 is 1.38. The van der Waals surface area contributed by atoms with Gasteiger partial charge in [-0.1, -0.05) is 6.07 Å². The fourth-order valence-corrected chi connectivity index (χ4v) is 3.54. The molecule has 3 heterocycles. The lowest BCUT2D eigenvalue weighted by Gasteiger charge is -2.32. The van der Waals surface area contributed by atoms with E-state index in [2.05, 4.69) is 10.3 Å². The molecule has 3 rings (SSSR count). The van der Waals surface area contributed by atoms with Crippen molar-refractivity contribution in [2.45, 2.75) is 12.8 Å². The zero-order valence-corrected chi connectivity index (χ0v) is 14.2. The second-order valence-corrected chi connectivity index (χ2v) is 6.90. The van der Waals surface area contributed by atoms with Crippen molar-refractivity contribution in [3.63, 3.8) is 0 Å². The number of nitrogens with one attached hydrogen (secondary N) is 3. The molecule has 0 aromatic carbocycles. The van der Waals surface area contributed by atoms with Crippen LogP contribution in [0.3, 0.4) is 0 Å². The number of aromatic nitrogens is 2. The fourth-order valence-electron chi connectivity index (χ4n) is 2.90. The Labute approximate surface area is 146 Å². The van der Waals surface area contributed by atoms with Crippen molar-refractivity contribution in [1.29, 1.82) is 0 Å². The molecule has 25 heavy (non-hydrogen) atoms. The van der Waals surface area contributed by atoms with Gasteiger partial charge in [0.25, 0.3) is 17.4 Å². The molecule has 2 amide bonds. The van der Waals surface area contributed by atoms with Crippen molar-refractivity contribution in [3.8, 4) is 0 Å². The van der Waals surface area contributed by atoms with Gasteiger partial charge >= 0.3 is 5.69 Å². The third-order valence-electron chi connectivity index (χ3n) is 4.09. The summed E-state index contributed by atoms with van der Waals surface area (Å²) in [6.07, 6.45) is 1.71. The lowest BCUT2D eigenvalue weighted by Crippen LogP contribution is -2.44. The monoisotopic (exact) mass is 362 g/mol. The maximum Gasteiger partial charge on any atom is 0.326 e. The number of hydrogen-bond donors (Lipinski definition) is 3. The predicted molar refractivity (Wildman–Crippen MR) is 93.0 cm³/mol. The smallest absolute Gasteiger partial charge is 0.326 e. The Hall–Kier alpha value is -2.68. The van der Waals surface area contributed by atoms with Crippen LogP contribution >= 0.6 is 11.3 Å². The van der Waals surface area contributed by atoms with Crippen molar-refractivity contribution in [2.75, 3.05) is 19.6 Å². The normalized spacial score (nSPS) is 17.3. The molecule has 0 spiro atoms. The molecule has 0 aliphatic carbocycles. The van der Waals surface area contributed by atoms with Crippen LogP contribution in [0.1, 0.15) is 33.0 Å². The van der Waals surface area contributed by atoms with Gasteiger partial charge in [0, 0.05) is 25.7 Å². The Morgan fingerprint density at radius 2 is 2.16 bits per heavy atom. The number of rotatable bonds is 4. The van der Waals surface area contributed by atoms with Gasteiger partial charge in [-0.2, -0.15) is 0 Å². The molecular weight excluding hydrogens is 344 g/mol. The SMILES string of the molecule is O=C(NC[C@@H]1CCCN(C(=O)c2cc(=O)[nH]c(=O)[nH]2)C1)c1cccs1. The highest BCUT2D eigenvalue weighted by molar-refractivity contribution is 7.12. The molecule has 1 saturated heterocycles. The van der Waals surface area contributed by atoms with Gasteiger partial charge < -0.3 is 15.2 Å². The second kappa shape index (κ2) is 7.47. The number of nitrogens with zero attached hydrogens (tertiary/aromatic N) is 1. The van der Waals surface area contributed by atoms with Gasteiger partial charge in [0.05, 0.1) is 4.88 Å². The van der Waals surface area contributed by atoms with E-state index in [-0.39, 0.29) is 23.4 Å². The quantitative estimate of drug-likeness (QED) is 0.730. The summed E-state index contributed by atoms with van der Waals surface area (Å²) in [6, 6.07) is 4.68. The summed E-state index contributed by atoms with van der Waals surface area (Å²) in [6.45, 7) is 1.51. The van der Waals surface area contributed by atoms with E-state index in [1.165, 1.54) is 11.3 Å².